The highest BCUT2D eigenvalue weighted by Crippen LogP contribution is 2.29. The van der Waals surface area contributed by atoms with Gasteiger partial charge in [-0.25, -0.2) is 0 Å². The molecule has 20 heavy (non-hydrogen) atoms. The molecule has 1 aliphatic rings. The molecule has 0 bridgehead atoms. The largest absolute Gasteiger partial charge is 0.467 e. The minimum absolute atomic E-state index is 0.248. The van der Waals surface area contributed by atoms with Gasteiger partial charge < -0.3 is 20.5 Å². The van der Waals surface area contributed by atoms with Crippen LogP contribution in [-0.4, -0.2) is 42.3 Å². The molecule has 1 aliphatic carbocycles. The van der Waals surface area contributed by atoms with E-state index in [-0.39, 0.29) is 12.0 Å². The Hall–Kier alpha value is -1.63. The van der Waals surface area contributed by atoms with Crippen LogP contribution in [0.25, 0.3) is 0 Å². The molecular formula is C13H23N5O2. The molecule has 1 heterocycles. The van der Waals surface area contributed by atoms with E-state index in [9.17, 15) is 0 Å². The van der Waals surface area contributed by atoms with Gasteiger partial charge in [0.2, 0.25) is 5.95 Å². The normalized spacial score (nSPS) is 22.4. The number of nitrogens with two attached hydrogens (primary N) is 1. The molecule has 7 nitrogen and oxygen atoms in total. The van der Waals surface area contributed by atoms with Gasteiger partial charge in [0.05, 0.1) is 14.2 Å². The summed E-state index contributed by atoms with van der Waals surface area (Å²) < 4.78 is 10.1. The van der Waals surface area contributed by atoms with Crippen molar-refractivity contribution >= 4 is 5.95 Å². The SMILES string of the molecule is COc1nc(NCC2CCCCC2CN)nc(OC)n1. The summed E-state index contributed by atoms with van der Waals surface area (Å²) in [6.45, 7) is 1.56. The Morgan fingerprint density at radius 1 is 1.05 bits per heavy atom. The van der Waals surface area contributed by atoms with Gasteiger partial charge >= 0.3 is 12.0 Å². The Bertz CT molecular complexity index is 407. The van der Waals surface area contributed by atoms with E-state index < -0.39 is 0 Å². The van der Waals surface area contributed by atoms with Gasteiger partial charge in [-0.05, 0) is 31.2 Å². The summed E-state index contributed by atoms with van der Waals surface area (Å²) in [6.07, 6.45) is 4.97. The third-order valence-corrected chi connectivity index (χ3v) is 3.85. The average Bonchev–Trinajstić information content (AvgIpc) is 2.52. The molecule has 1 aromatic heterocycles. The quantitative estimate of drug-likeness (QED) is 0.805. The molecule has 0 aliphatic heterocycles. The molecule has 1 aromatic rings. The van der Waals surface area contributed by atoms with Crippen molar-refractivity contribution in [2.24, 2.45) is 17.6 Å². The van der Waals surface area contributed by atoms with E-state index in [1.807, 2.05) is 0 Å². The third kappa shape index (κ3) is 3.69. The molecule has 0 spiro atoms. The standard InChI is InChI=1S/C13H23N5O2/c1-19-12-16-11(17-13(18-12)20-2)15-8-10-6-4-3-5-9(10)7-14/h9-10H,3-8,14H2,1-2H3,(H,15,16,17,18). The van der Waals surface area contributed by atoms with Crippen molar-refractivity contribution in [2.45, 2.75) is 25.7 Å². The zero-order chi connectivity index (χ0) is 14.4. The number of hydrogen-bond donors (Lipinski definition) is 2. The van der Waals surface area contributed by atoms with Crippen LogP contribution in [0.5, 0.6) is 12.0 Å². The summed E-state index contributed by atoms with van der Waals surface area (Å²) in [5.41, 5.74) is 5.84. The lowest BCUT2D eigenvalue weighted by molar-refractivity contribution is 0.254. The van der Waals surface area contributed by atoms with Crippen LogP contribution in [0.2, 0.25) is 0 Å². The Morgan fingerprint density at radius 3 is 2.20 bits per heavy atom. The van der Waals surface area contributed by atoms with Gasteiger partial charge in [0.15, 0.2) is 0 Å². The van der Waals surface area contributed by atoms with Crippen molar-refractivity contribution in [1.29, 1.82) is 0 Å². The van der Waals surface area contributed by atoms with Crippen molar-refractivity contribution in [2.75, 3.05) is 32.6 Å². The molecule has 112 valence electrons. The summed E-state index contributed by atoms with van der Waals surface area (Å²) in [4.78, 5) is 12.3. The lowest BCUT2D eigenvalue weighted by Crippen LogP contribution is -2.31. The van der Waals surface area contributed by atoms with Crippen molar-refractivity contribution < 1.29 is 9.47 Å². The number of nitrogens with zero attached hydrogens (tertiary/aromatic N) is 3. The van der Waals surface area contributed by atoms with Gasteiger partial charge in [0, 0.05) is 6.54 Å². The fourth-order valence-corrected chi connectivity index (χ4v) is 2.69. The zero-order valence-corrected chi connectivity index (χ0v) is 12.1. The number of rotatable bonds is 6. The lowest BCUT2D eigenvalue weighted by Gasteiger charge is -2.30. The first-order valence-electron chi connectivity index (χ1n) is 7.04. The number of hydrogen-bond acceptors (Lipinski definition) is 7. The molecule has 2 unspecified atom stereocenters. The number of nitrogens with one attached hydrogen (secondary N) is 1. The highest BCUT2D eigenvalue weighted by molar-refractivity contribution is 5.27. The molecule has 0 amide bonds. The van der Waals surface area contributed by atoms with E-state index in [4.69, 9.17) is 15.2 Å². The minimum atomic E-state index is 0.248. The second-order valence-corrected chi connectivity index (χ2v) is 5.05. The van der Waals surface area contributed by atoms with Gasteiger partial charge in [-0.3, -0.25) is 0 Å². The summed E-state index contributed by atoms with van der Waals surface area (Å²) in [5.74, 6) is 1.64. The van der Waals surface area contributed by atoms with Crippen molar-refractivity contribution in [1.82, 2.24) is 15.0 Å². The smallest absolute Gasteiger partial charge is 0.324 e. The predicted molar refractivity (Wildman–Crippen MR) is 75.9 cm³/mol. The Labute approximate surface area is 119 Å². The maximum absolute atomic E-state index is 5.84. The van der Waals surface area contributed by atoms with Crippen LogP contribution >= 0.6 is 0 Å². The predicted octanol–water partition coefficient (Wildman–Crippen LogP) is 1.07. The van der Waals surface area contributed by atoms with E-state index in [1.54, 1.807) is 0 Å². The minimum Gasteiger partial charge on any atom is -0.467 e. The zero-order valence-electron chi connectivity index (χ0n) is 12.1. The van der Waals surface area contributed by atoms with Gasteiger partial charge in [0.1, 0.15) is 0 Å². The van der Waals surface area contributed by atoms with E-state index >= 15 is 0 Å². The molecule has 1 saturated carbocycles. The fourth-order valence-electron chi connectivity index (χ4n) is 2.69. The first-order chi connectivity index (χ1) is 9.76. The topological polar surface area (TPSA) is 95.2 Å². The molecule has 2 rings (SSSR count). The van der Waals surface area contributed by atoms with Crippen molar-refractivity contribution in [3.63, 3.8) is 0 Å². The maximum atomic E-state index is 5.84. The number of aromatic nitrogens is 3. The maximum Gasteiger partial charge on any atom is 0.324 e. The molecule has 3 N–H and O–H groups in total. The van der Waals surface area contributed by atoms with Gasteiger partial charge in [-0.1, -0.05) is 12.8 Å². The molecule has 1 fully saturated rings. The van der Waals surface area contributed by atoms with Crippen LogP contribution < -0.4 is 20.5 Å². The average molecular weight is 281 g/mol. The van der Waals surface area contributed by atoms with E-state index in [1.165, 1.54) is 39.9 Å². The molecule has 0 aromatic carbocycles. The second kappa shape index (κ2) is 7.23. The van der Waals surface area contributed by atoms with Crippen LogP contribution in [-0.2, 0) is 0 Å². The van der Waals surface area contributed by atoms with Crippen LogP contribution in [0.3, 0.4) is 0 Å². The lowest BCUT2D eigenvalue weighted by atomic mass is 9.79. The molecule has 0 saturated heterocycles. The van der Waals surface area contributed by atoms with Gasteiger partial charge in [-0.2, -0.15) is 9.97 Å². The van der Waals surface area contributed by atoms with Crippen LogP contribution in [0, 0.1) is 11.8 Å². The summed E-state index contributed by atoms with van der Waals surface area (Å²) in [5, 5.41) is 3.25. The van der Waals surface area contributed by atoms with Crippen molar-refractivity contribution in [3.05, 3.63) is 0 Å². The van der Waals surface area contributed by atoms with Gasteiger partial charge in [0.25, 0.3) is 0 Å². The Morgan fingerprint density at radius 2 is 1.65 bits per heavy atom. The van der Waals surface area contributed by atoms with Crippen LogP contribution in [0.1, 0.15) is 25.7 Å². The molecule has 7 heteroatoms. The number of anilines is 1. The van der Waals surface area contributed by atoms with E-state index in [0.29, 0.717) is 17.8 Å². The number of ether oxygens (including phenoxy) is 2. The highest BCUT2D eigenvalue weighted by atomic mass is 16.5. The van der Waals surface area contributed by atoms with Crippen LogP contribution in [0.15, 0.2) is 0 Å². The summed E-state index contributed by atoms with van der Waals surface area (Å²) in [7, 11) is 3.04. The third-order valence-electron chi connectivity index (χ3n) is 3.85. The van der Waals surface area contributed by atoms with Gasteiger partial charge in [-0.15, -0.1) is 4.98 Å². The first kappa shape index (κ1) is 14.8. The first-order valence-corrected chi connectivity index (χ1v) is 7.04. The monoisotopic (exact) mass is 281 g/mol. The highest BCUT2D eigenvalue weighted by Gasteiger charge is 2.24. The Kier molecular flexibility index (Phi) is 5.34. The van der Waals surface area contributed by atoms with E-state index in [2.05, 4.69) is 20.3 Å². The molecule has 2 atom stereocenters. The van der Waals surface area contributed by atoms with E-state index in [0.717, 1.165) is 13.1 Å². The Balaban J connectivity index is 1.98. The van der Waals surface area contributed by atoms with Crippen LogP contribution in [0.4, 0.5) is 5.95 Å². The van der Waals surface area contributed by atoms with Crippen molar-refractivity contribution in [3.8, 4) is 12.0 Å². The second-order valence-electron chi connectivity index (χ2n) is 5.05. The molecular weight excluding hydrogens is 258 g/mol. The molecule has 0 radical (unpaired) electrons. The summed E-state index contributed by atoms with van der Waals surface area (Å²) in [6, 6.07) is 0.497. The fraction of sp³-hybridized carbons (Fsp3) is 0.769. The number of methoxy groups -OCH3 is 2. The summed E-state index contributed by atoms with van der Waals surface area (Å²) >= 11 is 0.